The van der Waals surface area contributed by atoms with Crippen molar-refractivity contribution in [2.45, 2.75) is 44.6 Å². The van der Waals surface area contributed by atoms with Crippen LogP contribution in [-0.2, 0) is 17.8 Å². The Balaban J connectivity index is 1.52. The van der Waals surface area contributed by atoms with E-state index >= 15 is 0 Å². The van der Waals surface area contributed by atoms with E-state index in [1.165, 1.54) is 30.7 Å². The molecule has 1 N–H and O–H groups in total. The summed E-state index contributed by atoms with van der Waals surface area (Å²) in [4.78, 5) is 18.1. The molecule has 1 aromatic carbocycles. The predicted octanol–water partition coefficient (Wildman–Crippen LogP) is 4.04. The Morgan fingerprint density at radius 3 is 2.62 bits per heavy atom. The van der Waals surface area contributed by atoms with Crippen LogP contribution in [0.3, 0.4) is 0 Å². The zero-order valence-electron chi connectivity index (χ0n) is 14.4. The Hall–Kier alpha value is -1.88. The van der Waals surface area contributed by atoms with Crippen molar-refractivity contribution in [1.82, 2.24) is 9.88 Å². The number of amides is 1. The van der Waals surface area contributed by atoms with Gasteiger partial charge < -0.3 is 10.2 Å². The number of carbonyl (C=O) groups excluding carboxylic acids is 1. The van der Waals surface area contributed by atoms with E-state index in [4.69, 9.17) is 4.98 Å². The quantitative estimate of drug-likeness (QED) is 0.861. The molecule has 2 aromatic rings. The molecule has 1 amide bonds. The number of anilines is 1. The van der Waals surface area contributed by atoms with Crippen molar-refractivity contribution in [2.24, 2.45) is 0 Å². The van der Waals surface area contributed by atoms with Crippen molar-refractivity contribution < 1.29 is 4.79 Å². The number of hydrogen-bond acceptors (Lipinski definition) is 4. The summed E-state index contributed by atoms with van der Waals surface area (Å²) in [5.41, 5.74) is 3.22. The van der Waals surface area contributed by atoms with Crippen LogP contribution in [0.25, 0.3) is 0 Å². The van der Waals surface area contributed by atoms with Gasteiger partial charge in [-0.1, -0.05) is 25.0 Å². The standard InChI is InChI=1S/C19H25N3OS/c1-22(2)18(23)11-14-7-9-16(10-8-14)20-12-17-13-24-19(21-17)15-5-3-4-6-15/h7-10,13,15,20H,3-6,11-12H2,1-2H3. The lowest BCUT2D eigenvalue weighted by Gasteiger charge is -2.10. The molecule has 0 spiro atoms. The van der Waals surface area contributed by atoms with Crippen LogP contribution in [0.4, 0.5) is 5.69 Å². The van der Waals surface area contributed by atoms with Gasteiger partial charge in [-0.15, -0.1) is 11.3 Å². The second-order valence-electron chi connectivity index (χ2n) is 6.67. The summed E-state index contributed by atoms with van der Waals surface area (Å²) in [6.45, 7) is 0.749. The molecule has 3 rings (SSSR count). The van der Waals surface area contributed by atoms with Crippen LogP contribution >= 0.6 is 11.3 Å². The molecule has 1 aliphatic rings. The van der Waals surface area contributed by atoms with Crippen LogP contribution in [0.2, 0.25) is 0 Å². The van der Waals surface area contributed by atoms with Gasteiger partial charge in [-0.05, 0) is 30.5 Å². The molecule has 0 atom stereocenters. The molecule has 0 aliphatic heterocycles. The van der Waals surface area contributed by atoms with E-state index in [1.54, 1.807) is 30.3 Å². The molecule has 0 unspecified atom stereocenters. The molecule has 24 heavy (non-hydrogen) atoms. The summed E-state index contributed by atoms with van der Waals surface area (Å²) in [5.74, 6) is 0.815. The lowest BCUT2D eigenvalue weighted by atomic mass is 10.1. The lowest BCUT2D eigenvalue weighted by Crippen LogP contribution is -2.23. The number of hydrogen-bond donors (Lipinski definition) is 1. The summed E-state index contributed by atoms with van der Waals surface area (Å²) >= 11 is 1.80. The Labute approximate surface area is 147 Å². The van der Waals surface area contributed by atoms with Crippen molar-refractivity contribution >= 4 is 22.9 Å². The largest absolute Gasteiger partial charge is 0.379 e. The number of carbonyl (C=O) groups is 1. The highest BCUT2D eigenvalue weighted by Gasteiger charge is 2.19. The van der Waals surface area contributed by atoms with Crippen LogP contribution in [0.5, 0.6) is 0 Å². The molecule has 1 aliphatic carbocycles. The molecule has 1 aromatic heterocycles. The molecule has 1 heterocycles. The monoisotopic (exact) mass is 343 g/mol. The number of nitrogens with one attached hydrogen (secondary N) is 1. The SMILES string of the molecule is CN(C)C(=O)Cc1ccc(NCc2csc(C3CCCC3)n2)cc1. The minimum atomic E-state index is 0.123. The Morgan fingerprint density at radius 1 is 1.25 bits per heavy atom. The lowest BCUT2D eigenvalue weighted by molar-refractivity contribution is -0.127. The van der Waals surface area contributed by atoms with Crippen molar-refractivity contribution in [3.63, 3.8) is 0 Å². The number of nitrogens with zero attached hydrogens (tertiary/aromatic N) is 2. The molecular weight excluding hydrogens is 318 g/mol. The van der Waals surface area contributed by atoms with Crippen LogP contribution in [0.15, 0.2) is 29.6 Å². The van der Waals surface area contributed by atoms with E-state index in [1.807, 2.05) is 24.3 Å². The third-order valence-electron chi connectivity index (χ3n) is 4.56. The van der Waals surface area contributed by atoms with Gasteiger partial charge in [0.1, 0.15) is 0 Å². The average molecular weight is 343 g/mol. The van der Waals surface area contributed by atoms with Crippen LogP contribution in [0.1, 0.15) is 47.9 Å². The van der Waals surface area contributed by atoms with E-state index in [0.29, 0.717) is 12.3 Å². The van der Waals surface area contributed by atoms with Crippen molar-refractivity contribution in [3.05, 3.63) is 45.9 Å². The maximum absolute atomic E-state index is 11.7. The van der Waals surface area contributed by atoms with Gasteiger partial charge in [-0.3, -0.25) is 4.79 Å². The number of benzene rings is 1. The van der Waals surface area contributed by atoms with E-state index in [2.05, 4.69) is 10.7 Å². The van der Waals surface area contributed by atoms with E-state index in [0.717, 1.165) is 23.5 Å². The predicted molar refractivity (Wildman–Crippen MR) is 99.5 cm³/mol. The van der Waals surface area contributed by atoms with Gasteiger partial charge in [-0.2, -0.15) is 0 Å². The molecule has 0 saturated heterocycles. The first-order valence-electron chi connectivity index (χ1n) is 8.59. The first-order chi connectivity index (χ1) is 11.6. The number of aromatic nitrogens is 1. The van der Waals surface area contributed by atoms with E-state index in [9.17, 15) is 4.79 Å². The number of rotatable bonds is 6. The molecule has 128 valence electrons. The van der Waals surface area contributed by atoms with Crippen molar-refractivity contribution in [2.75, 3.05) is 19.4 Å². The normalized spacial score (nSPS) is 14.8. The highest BCUT2D eigenvalue weighted by molar-refractivity contribution is 7.09. The fourth-order valence-corrected chi connectivity index (χ4v) is 4.02. The molecular formula is C19H25N3OS. The highest BCUT2D eigenvalue weighted by Crippen LogP contribution is 2.35. The first kappa shape index (κ1) is 17.0. The minimum absolute atomic E-state index is 0.123. The summed E-state index contributed by atoms with van der Waals surface area (Å²) in [5, 5.41) is 6.90. The molecule has 5 heteroatoms. The molecule has 4 nitrogen and oxygen atoms in total. The molecule has 0 radical (unpaired) electrons. The summed E-state index contributed by atoms with van der Waals surface area (Å²) in [6.07, 6.45) is 5.74. The molecule has 1 fully saturated rings. The van der Waals surface area contributed by atoms with Gasteiger partial charge in [0.15, 0.2) is 0 Å². The first-order valence-corrected chi connectivity index (χ1v) is 9.47. The highest BCUT2D eigenvalue weighted by atomic mass is 32.1. The summed E-state index contributed by atoms with van der Waals surface area (Å²) < 4.78 is 0. The Bertz CT molecular complexity index is 672. The van der Waals surface area contributed by atoms with Crippen molar-refractivity contribution in [3.8, 4) is 0 Å². The van der Waals surface area contributed by atoms with Gasteiger partial charge in [0, 0.05) is 31.1 Å². The van der Waals surface area contributed by atoms with Gasteiger partial charge in [0.05, 0.1) is 23.7 Å². The summed E-state index contributed by atoms with van der Waals surface area (Å²) in [7, 11) is 3.57. The second-order valence-corrected chi connectivity index (χ2v) is 7.56. The third-order valence-corrected chi connectivity index (χ3v) is 5.61. The molecule has 0 bridgehead atoms. The maximum Gasteiger partial charge on any atom is 0.226 e. The zero-order valence-corrected chi connectivity index (χ0v) is 15.2. The Kier molecular flexibility index (Phi) is 5.51. The van der Waals surface area contributed by atoms with Crippen molar-refractivity contribution in [1.29, 1.82) is 0 Å². The topological polar surface area (TPSA) is 45.2 Å². The average Bonchev–Trinajstić information content (AvgIpc) is 3.25. The van der Waals surface area contributed by atoms with Gasteiger partial charge in [-0.25, -0.2) is 4.98 Å². The fraction of sp³-hybridized carbons (Fsp3) is 0.474. The second kappa shape index (κ2) is 7.79. The van der Waals surface area contributed by atoms with Crippen LogP contribution < -0.4 is 5.32 Å². The minimum Gasteiger partial charge on any atom is -0.379 e. The molecule has 1 saturated carbocycles. The fourth-order valence-electron chi connectivity index (χ4n) is 3.03. The Morgan fingerprint density at radius 2 is 1.96 bits per heavy atom. The smallest absolute Gasteiger partial charge is 0.226 e. The third kappa shape index (κ3) is 4.35. The van der Waals surface area contributed by atoms with Gasteiger partial charge in [0.2, 0.25) is 5.91 Å². The summed E-state index contributed by atoms with van der Waals surface area (Å²) in [6, 6.07) is 8.08. The number of thiazole rings is 1. The van der Waals surface area contributed by atoms with Crippen LogP contribution in [-0.4, -0.2) is 29.9 Å². The zero-order chi connectivity index (χ0) is 16.9. The van der Waals surface area contributed by atoms with Gasteiger partial charge >= 0.3 is 0 Å². The van der Waals surface area contributed by atoms with E-state index < -0.39 is 0 Å². The number of likely N-dealkylation sites (N-methyl/N-ethyl adjacent to an activating group) is 1. The maximum atomic E-state index is 11.7. The van der Waals surface area contributed by atoms with Crippen LogP contribution in [0, 0.1) is 0 Å². The van der Waals surface area contributed by atoms with E-state index in [-0.39, 0.29) is 5.91 Å². The van der Waals surface area contributed by atoms with Gasteiger partial charge in [0.25, 0.3) is 0 Å².